The highest BCUT2D eigenvalue weighted by Gasteiger charge is 2.19. The van der Waals surface area contributed by atoms with Crippen molar-refractivity contribution in [3.8, 4) is 0 Å². The van der Waals surface area contributed by atoms with Gasteiger partial charge in [0.15, 0.2) is 0 Å². The van der Waals surface area contributed by atoms with Crippen LogP contribution < -0.4 is 10.6 Å². The van der Waals surface area contributed by atoms with E-state index < -0.39 is 0 Å². The highest BCUT2D eigenvalue weighted by molar-refractivity contribution is 7.18. The first kappa shape index (κ1) is 11.7. The van der Waals surface area contributed by atoms with Crippen molar-refractivity contribution in [2.24, 2.45) is 0 Å². The number of piperidine rings is 1. The fraction of sp³-hybridized carbons (Fsp3) is 0.462. The van der Waals surface area contributed by atoms with Gasteiger partial charge >= 0.3 is 0 Å². The van der Waals surface area contributed by atoms with E-state index in [0.717, 1.165) is 52.5 Å². The number of aromatic nitrogens is 1. The van der Waals surface area contributed by atoms with Crippen LogP contribution in [0.15, 0.2) is 12.1 Å². The molecule has 0 radical (unpaired) electrons. The molecule has 1 aliphatic heterocycles. The minimum absolute atomic E-state index is 0.160. The van der Waals surface area contributed by atoms with Gasteiger partial charge < -0.3 is 15.7 Å². The van der Waals surface area contributed by atoms with Gasteiger partial charge in [-0.05, 0) is 31.9 Å². The summed E-state index contributed by atoms with van der Waals surface area (Å²) < 4.78 is 1.14. The lowest BCUT2D eigenvalue weighted by molar-refractivity contribution is 0.145. The zero-order valence-corrected chi connectivity index (χ0v) is 11.2. The zero-order valence-electron chi connectivity index (χ0n) is 10.4. The first-order chi connectivity index (χ1) is 8.63. The molecule has 1 saturated heterocycles. The topological polar surface area (TPSA) is 62.4 Å². The average Bonchev–Trinajstić information content (AvgIpc) is 2.68. The Kier molecular flexibility index (Phi) is 2.87. The van der Waals surface area contributed by atoms with E-state index in [0.29, 0.717) is 0 Å². The maximum atomic E-state index is 9.55. The van der Waals surface area contributed by atoms with Crippen molar-refractivity contribution >= 4 is 32.9 Å². The van der Waals surface area contributed by atoms with Crippen LogP contribution in [0.25, 0.3) is 10.2 Å². The second kappa shape index (κ2) is 4.40. The number of aliphatic hydroxyl groups excluding tert-OH is 1. The molecule has 3 rings (SSSR count). The minimum atomic E-state index is -0.160. The lowest BCUT2D eigenvalue weighted by atomic mass is 10.1. The first-order valence-electron chi connectivity index (χ1n) is 6.23. The van der Waals surface area contributed by atoms with Crippen molar-refractivity contribution in [1.29, 1.82) is 0 Å². The standard InChI is InChI=1S/C13H17N3OS/c1-8-15-11-7-12(10(14)6-13(11)18-8)16-4-2-9(17)3-5-16/h6-7,9,17H,2-5,14H2,1H3. The number of benzene rings is 1. The molecule has 0 bridgehead atoms. The number of anilines is 2. The van der Waals surface area contributed by atoms with E-state index in [2.05, 4.69) is 16.0 Å². The molecule has 1 aliphatic rings. The Bertz CT molecular complexity index is 573. The van der Waals surface area contributed by atoms with Gasteiger partial charge in [-0.3, -0.25) is 0 Å². The van der Waals surface area contributed by atoms with Crippen LogP contribution in [0.1, 0.15) is 17.8 Å². The van der Waals surface area contributed by atoms with Gasteiger partial charge in [-0.1, -0.05) is 0 Å². The molecule has 96 valence electrons. The molecule has 0 atom stereocenters. The number of aryl methyl sites for hydroxylation is 1. The van der Waals surface area contributed by atoms with Gasteiger partial charge in [0.05, 0.1) is 32.7 Å². The van der Waals surface area contributed by atoms with Gasteiger partial charge in [0.25, 0.3) is 0 Å². The van der Waals surface area contributed by atoms with Crippen molar-refractivity contribution < 1.29 is 5.11 Å². The lowest BCUT2D eigenvalue weighted by Gasteiger charge is -2.32. The molecule has 0 spiro atoms. The first-order valence-corrected chi connectivity index (χ1v) is 7.05. The summed E-state index contributed by atoms with van der Waals surface area (Å²) in [6.07, 6.45) is 1.47. The average molecular weight is 263 g/mol. The van der Waals surface area contributed by atoms with Crippen LogP contribution in [-0.4, -0.2) is 29.3 Å². The Balaban J connectivity index is 1.98. The predicted octanol–water partition coefficient (Wildman–Crippen LogP) is 2.15. The number of nitrogen functional groups attached to an aromatic ring is 1. The van der Waals surface area contributed by atoms with E-state index in [9.17, 15) is 5.11 Å². The largest absolute Gasteiger partial charge is 0.397 e. The Morgan fingerprint density at radius 1 is 1.39 bits per heavy atom. The van der Waals surface area contributed by atoms with E-state index in [1.54, 1.807) is 11.3 Å². The van der Waals surface area contributed by atoms with Gasteiger partial charge in [-0.25, -0.2) is 4.98 Å². The van der Waals surface area contributed by atoms with Gasteiger partial charge in [0, 0.05) is 13.1 Å². The van der Waals surface area contributed by atoms with E-state index in [1.807, 2.05) is 13.0 Å². The molecule has 0 saturated carbocycles. The van der Waals surface area contributed by atoms with Crippen molar-refractivity contribution in [2.75, 3.05) is 23.7 Å². The Morgan fingerprint density at radius 3 is 2.83 bits per heavy atom. The normalized spacial score (nSPS) is 17.6. The lowest BCUT2D eigenvalue weighted by Crippen LogP contribution is -2.36. The third kappa shape index (κ3) is 2.04. The number of fused-ring (bicyclic) bond motifs is 1. The second-order valence-corrected chi connectivity index (χ2v) is 6.06. The maximum absolute atomic E-state index is 9.55. The summed E-state index contributed by atoms with van der Waals surface area (Å²) >= 11 is 1.67. The summed E-state index contributed by atoms with van der Waals surface area (Å²) in [6.45, 7) is 3.73. The molecule has 0 aliphatic carbocycles. The van der Waals surface area contributed by atoms with Crippen LogP contribution in [0.3, 0.4) is 0 Å². The molecule has 4 nitrogen and oxygen atoms in total. The van der Waals surface area contributed by atoms with Gasteiger partial charge in [0.2, 0.25) is 0 Å². The quantitative estimate of drug-likeness (QED) is 0.774. The fourth-order valence-electron chi connectivity index (χ4n) is 2.47. The summed E-state index contributed by atoms with van der Waals surface area (Å²) in [5.41, 5.74) is 9.02. The number of rotatable bonds is 1. The van der Waals surface area contributed by atoms with E-state index in [1.165, 1.54) is 0 Å². The van der Waals surface area contributed by atoms with Crippen molar-refractivity contribution in [3.63, 3.8) is 0 Å². The molecule has 1 fully saturated rings. The number of thiazole rings is 1. The van der Waals surface area contributed by atoms with Crippen LogP contribution in [0.4, 0.5) is 11.4 Å². The van der Waals surface area contributed by atoms with Gasteiger partial charge in [0.1, 0.15) is 0 Å². The molecule has 0 unspecified atom stereocenters. The minimum Gasteiger partial charge on any atom is -0.397 e. The Labute approximate surface area is 110 Å². The maximum Gasteiger partial charge on any atom is 0.0907 e. The van der Waals surface area contributed by atoms with Crippen molar-refractivity contribution in [3.05, 3.63) is 17.1 Å². The Morgan fingerprint density at radius 2 is 2.11 bits per heavy atom. The monoisotopic (exact) mass is 263 g/mol. The van der Waals surface area contributed by atoms with Crippen molar-refractivity contribution in [2.45, 2.75) is 25.9 Å². The van der Waals surface area contributed by atoms with Crippen LogP contribution in [-0.2, 0) is 0 Å². The van der Waals surface area contributed by atoms with E-state index >= 15 is 0 Å². The number of nitrogens with two attached hydrogens (primary N) is 1. The third-order valence-corrected chi connectivity index (χ3v) is 4.38. The molecule has 5 heteroatoms. The Hall–Kier alpha value is -1.33. The van der Waals surface area contributed by atoms with E-state index in [4.69, 9.17) is 5.73 Å². The highest BCUT2D eigenvalue weighted by Crippen LogP contribution is 2.33. The van der Waals surface area contributed by atoms with Crippen LogP contribution in [0.5, 0.6) is 0 Å². The van der Waals surface area contributed by atoms with Crippen LogP contribution in [0.2, 0.25) is 0 Å². The van der Waals surface area contributed by atoms with Crippen molar-refractivity contribution in [1.82, 2.24) is 4.98 Å². The van der Waals surface area contributed by atoms with Crippen LogP contribution >= 0.6 is 11.3 Å². The molecular weight excluding hydrogens is 246 g/mol. The molecular formula is C13H17N3OS. The van der Waals surface area contributed by atoms with E-state index in [-0.39, 0.29) is 6.10 Å². The molecule has 18 heavy (non-hydrogen) atoms. The SMILES string of the molecule is Cc1nc2cc(N3CCC(O)CC3)c(N)cc2s1. The third-order valence-electron chi connectivity index (χ3n) is 3.45. The zero-order chi connectivity index (χ0) is 12.7. The summed E-state index contributed by atoms with van der Waals surface area (Å²) in [4.78, 5) is 6.76. The predicted molar refractivity (Wildman–Crippen MR) is 76.2 cm³/mol. The smallest absolute Gasteiger partial charge is 0.0907 e. The molecule has 3 N–H and O–H groups in total. The summed E-state index contributed by atoms with van der Waals surface area (Å²) in [7, 11) is 0. The number of hydrogen-bond donors (Lipinski definition) is 2. The number of aliphatic hydroxyl groups is 1. The molecule has 2 aromatic rings. The van der Waals surface area contributed by atoms with Gasteiger partial charge in [-0.2, -0.15) is 0 Å². The molecule has 2 heterocycles. The summed E-state index contributed by atoms with van der Waals surface area (Å²) in [6, 6.07) is 4.09. The fourth-order valence-corrected chi connectivity index (χ4v) is 3.33. The molecule has 1 aromatic heterocycles. The molecule has 0 amide bonds. The van der Waals surface area contributed by atoms with Gasteiger partial charge in [-0.15, -0.1) is 11.3 Å². The molecule has 1 aromatic carbocycles. The number of hydrogen-bond acceptors (Lipinski definition) is 5. The highest BCUT2D eigenvalue weighted by atomic mass is 32.1. The number of nitrogens with zero attached hydrogens (tertiary/aromatic N) is 2. The summed E-state index contributed by atoms with van der Waals surface area (Å²) in [5, 5.41) is 10.6. The summed E-state index contributed by atoms with van der Waals surface area (Å²) in [5.74, 6) is 0. The van der Waals surface area contributed by atoms with Crippen LogP contribution in [0, 0.1) is 6.92 Å². The second-order valence-electron chi connectivity index (χ2n) is 4.83.